The SMILES string of the molecule is C[C@@H]1Cc2c([nH]c3ccccc23)C(c2c(F)cc(OCCN3CC(CF)C3)cc2F)N1CC(C)(C)F. The first kappa shape index (κ1) is 25.1. The first-order chi connectivity index (χ1) is 17.1. The average Bonchev–Trinajstić information content (AvgIpc) is 3.14. The molecule has 1 saturated heterocycles. The minimum absolute atomic E-state index is 0.0283. The molecule has 4 nitrogen and oxygen atoms in total. The zero-order valence-corrected chi connectivity index (χ0v) is 21.0. The van der Waals surface area contributed by atoms with E-state index >= 15 is 8.78 Å². The third-order valence-corrected chi connectivity index (χ3v) is 7.33. The molecule has 0 spiro atoms. The quantitative estimate of drug-likeness (QED) is 0.394. The second-order valence-corrected chi connectivity index (χ2v) is 10.8. The molecule has 1 N–H and O–H groups in total. The molecule has 3 aromatic rings. The van der Waals surface area contributed by atoms with Crippen LogP contribution in [0.15, 0.2) is 36.4 Å². The van der Waals surface area contributed by atoms with Crippen LogP contribution in [0.3, 0.4) is 0 Å². The van der Waals surface area contributed by atoms with Crippen molar-refractivity contribution in [1.29, 1.82) is 0 Å². The van der Waals surface area contributed by atoms with Crippen LogP contribution in [0.1, 0.15) is 43.6 Å². The Bertz CT molecular complexity index is 1210. The number of hydrogen-bond donors (Lipinski definition) is 1. The number of fused-ring (bicyclic) bond motifs is 3. The van der Waals surface area contributed by atoms with E-state index < -0.39 is 23.3 Å². The van der Waals surface area contributed by atoms with E-state index in [0.29, 0.717) is 31.7 Å². The number of para-hydroxylation sites is 1. The maximum Gasteiger partial charge on any atom is 0.135 e. The van der Waals surface area contributed by atoms with Gasteiger partial charge in [0.15, 0.2) is 0 Å². The van der Waals surface area contributed by atoms with Gasteiger partial charge in [-0.3, -0.25) is 14.2 Å². The molecule has 0 aliphatic carbocycles. The summed E-state index contributed by atoms with van der Waals surface area (Å²) in [6.07, 6.45) is 0.649. The molecule has 0 radical (unpaired) electrons. The van der Waals surface area contributed by atoms with Crippen LogP contribution in [0, 0.1) is 17.6 Å². The second kappa shape index (κ2) is 9.71. The number of hydrogen-bond acceptors (Lipinski definition) is 3. The van der Waals surface area contributed by atoms with Crippen molar-refractivity contribution in [3.8, 4) is 5.75 Å². The van der Waals surface area contributed by atoms with Crippen LogP contribution in [-0.2, 0) is 6.42 Å². The third-order valence-electron chi connectivity index (χ3n) is 7.33. The first-order valence-electron chi connectivity index (χ1n) is 12.6. The predicted molar refractivity (Wildman–Crippen MR) is 133 cm³/mol. The Morgan fingerprint density at radius 1 is 1.11 bits per heavy atom. The van der Waals surface area contributed by atoms with Crippen molar-refractivity contribution in [3.05, 3.63) is 64.9 Å². The van der Waals surface area contributed by atoms with E-state index in [-0.39, 0.29) is 43.1 Å². The van der Waals surface area contributed by atoms with Crippen LogP contribution in [-0.4, -0.2) is 66.0 Å². The molecule has 2 atom stereocenters. The molecule has 0 bridgehead atoms. The number of H-pyrrole nitrogens is 1. The summed E-state index contributed by atoms with van der Waals surface area (Å²) in [5.74, 6) is -1.27. The summed E-state index contributed by atoms with van der Waals surface area (Å²) in [5, 5.41) is 1.02. The minimum Gasteiger partial charge on any atom is -0.492 e. The van der Waals surface area contributed by atoms with Gasteiger partial charge < -0.3 is 9.72 Å². The summed E-state index contributed by atoms with van der Waals surface area (Å²) in [4.78, 5) is 7.27. The Morgan fingerprint density at radius 2 is 1.81 bits per heavy atom. The summed E-state index contributed by atoms with van der Waals surface area (Å²) in [5.41, 5.74) is 0.938. The Kier molecular flexibility index (Phi) is 6.76. The molecule has 8 heteroatoms. The zero-order valence-electron chi connectivity index (χ0n) is 21.0. The number of halogens is 4. The third kappa shape index (κ3) is 4.85. The lowest BCUT2D eigenvalue weighted by Gasteiger charge is -2.43. The fourth-order valence-electron chi connectivity index (χ4n) is 5.65. The van der Waals surface area contributed by atoms with Gasteiger partial charge in [0.25, 0.3) is 0 Å². The van der Waals surface area contributed by atoms with Crippen molar-refractivity contribution < 1.29 is 22.3 Å². The highest BCUT2D eigenvalue weighted by atomic mass is 19.1. The number of likely N-dealkylation sites (tertiary alicyclic amines) is 1. The molecular weight excluding hydrogens is 470 g/mol. The largest absolute Gasteiger partial charge is 0.492 e. The van der Waals surface area contributed by atoms with Crippen LogP contribution in [0.5, 0.6) is 5.75 Å². The van der Waals surface area contributed by atoms with Gasteiger partial charge in [-0.1, -0.05) is 18.2 Å². The fourth-order valence-corrected chi connectivity index (χ4v) is 5.65. The molecule has 3 heterocycles. The fraction of sp³-hybridized carbons (Fsp3) is 0.500. The van der Waals surface area contributed by atoms with E-state index in [0.717, 1.165) is 16.5 Å². The highest BCUT2D eigenvalue weighted by Crippen LogP contribution is 2.43. The predicted octanol–water partition coefficient (Wildman–Crippen LogP) is 5.81. The van der Waals surface area contributed by atoms with Gasteiger partial charge in [-0.2, -0.15) is 0 Å². The van der Waals surface area contributed by atoms with Gasteiger partial charge in [0, 0.05) is 72.4 Å². The molecule has 0 amide bonds. The Balaban J connectivity index is 1.47. The van der Waals surface area contributed by atoms with Gasteiger partial charge in [0.05, 0.1) is 12.7 Å². The van der Waals surface area contributed by atoms with Crippen molar-refractivity contribution in [1.82, 2.24) is 14.8 Å². The van der Waals surface area contributed by atoms with Gasteiger partial charge in [0.1, 0.15) is 29.7 Å². The molecule has 194 valence electrons. The van der Waals surface area contributed by atoms with Gasteiger partial charge in [0.2, 0.25) is 0 Å². The van der Waals surface area contributed by atoms with Gasteiger partial charge in [-0.05, 0) is 38.8 Å². The topological polar surface area (TPSA) is 31.5 Å². The minimum atomic E-state index is -1.55. The summed E-state index contributed by atoms with van der Waals surface area (Å²) >= 11 is 0. The van der Waals surface area contributed by atoms with E-state index in [2.05, 4.69) is 4.98 Å². The van der Waals surface area contributed by atoms with Crippen LogP contribution in [0.25, 0.3) is 10.9 Å². The molecule has 0 saturated carbocycles. The Morgan fingerprint density at radius 3 is 2.47 bits per heavy atom. The monoisotopic (exact) mass is 503 g/mol. The lowest BCUT2D eigenvalue weighted by Crippen LogP contribution is -2.49. The van der Waals surface area contributed by atoms with Crippen LogP contribution in [0.4, 0.5) is 17.6 Å². The van der Waals surface area contributed by atoms with Gasteiger partial charge >= 0.3 is 0 Å². The molecule has 2 aliphatic heterocycles. The van der Waals surface area contributed by atoms with E-state index in [4.69, 9.17) is 4.74 Å². The highest BCUT2D eigenvalue weighted by molar-refractivity contribution is 5.85. The van der Waals surface area contributed by atoms with E-state index in [1.165, 1.54) is 26.0 Å². The number of nitrogens with one attached hydrogen (secondary N) is 1. The number of benzene rings is 2. The van der Waals surface area contributed by atoms with Gasteiger partial charge in [-0.25, -0.2) is 13.2 Å². The van der Waals surface area contributed by atoms with E-state index in [1.807, 2.05) is 41.0 Å². The number of nitrogens with zero attached hydrogens (tertiary/aromatic N) is 2. The summed E-state index contributed by atoms with van der Waals surface area (Å²) in [6, 6.07) is 9.28. The molecule has 2 aromatic carbocycles. The summed E-state index contributed by atoms with van der Waals surface area (Å²) in [7, 11) is 0. The summed E-state index contributed by atoms with van der Waals surface area (Å²) in [6.45, 7) is 6.81. The van der Waals surface area contributed by atoms with E-state index in [9.17, 15) is 8.78 Å². The number of aromatic nitrogens is 1. The van der Waals surface area contributed by atoms with E-state index in [1.54, 1.807) is 0 Å². The number of rotatable bonds is 8. The Hall–Kier alpha value is -2.58. The van der Waals surface area contributed by atoms with Crippen molar-refractivity contribution >= 4 is 10.9 Å². The number of alkyl halides is 2. The summed E-state index contributed by atoms with van der Waals surface area (Å²) < 4.78 is 64.4. The lowest BCUT2D eigenvalue weighted by molar-refractivity contribution is 0.0637. The van der Waals surface area contributed by atoms with Crippen molar-refractivity contribution in [3.63, 3.8) is 0 Å². The molecule has 1 unspecified atom stereocenters. The standard InChI is InChI=1S/C28H33F4N3O/c1-17-10-21-20-6-4-5-7-24(20)33-26(21)27(35(17)16-28(2,3)32)25-22(30)11-19(12-23(25)31)36-9-8-34-14-18(13-29)15-34/h4-7,11-12,17-18,27,33H,8-10,13-16H2,1-3H3/t17-,27?/m1/s1. The van der Waals surface area contributed by atoms with Crippen molar-refractivity contribution in [2.75, 3.05) is 39.5 Å². The van der Waals surface area contributed by atoms with Crippen LogP contribution < -0.4 is 4.74 Å². The smallest absolute Gasteiger partial charge is 0.135 e. The maximum atomic E-state index is 15.6. The number of ether oxygens (including phenoxy) is 1. The molecule has 2 aliphatic rings. The Labute approximate surface area is 209 Å². The maximum absolute atomic E-state index is 15.6. The van der Waals surface area contributed by atoms with Crippen LogP contribution in [0.2, 0.25) is 0 Å². The number of aromatic amines is 1. The average molecular weight is 504 g/mol. The molecular formula is C28H33F4N3O. The normalized spacial score (nSPS) is 21.5. The van der Waals surface area contributed by atoms with Crippen LogP contribution >= 0.6 is 0 Å². The molecule has 5 rings (SSSR count). The zero-order chi connectivity index (χ0) is 25.6. The second-order valence-electron chi connectivity index (χ2n) is 10.8. The van der Waals surface area contributed by atoms with Crippen molar-refractivity contribution in [2.24, 2.45) is 5.92 Å². The van der Waals surface area contributed by atoms with Gasteiger partial charge in [-0.15, -0.1) is 0 Å². The first-order valence-corrected chi connectivity index (χ1v) is 12.6. The highest BCUT2D eigenvalue weighted by Gasteiger charge is 2.41. The lowest BCUT2D eigenvalue weighted by atomic mass is 9.87. The molecule has 1 aromatic heterocycles. The molecule has 1 fully saturated rings. The van der Waals surface area contributed by atoms with Crippen molar-refractivity contribution in [2.45, 2.75) is 44.9 Å². The molecule has 36 heavy (non-hydrogen) atoms.